The van der Waals surface area contributed by atoms with Crippen LogP contribution in [0.25, 0.3) is 11.3 Å². The van der Waals surface area contributed by atoms with Gasteiger partial charge in [0.1, 0.15) is 11.6 Å². The first-order chi connectivity index (χ1) is 13.0. The van der Waals surface area contributed by atoms with Crippen LogP contribution in [0.4, 0.5) is 4.39 Å². The number of rotatable bonds is 5. The van der Waals surface area contributed by atoms with Gasteiger partial charge in [0.15, 0.2) is 6.61 Å². The zero-order valence-corrected chi connectivity index (χ0v) is 14.5. The van der Waals surface area contributed by atoms with Gasteiger partial charge in [-0.25, -0.2) is 9.18 Å². The van der Waals surface area contributed by atoms with Gasteiger partial charge in [-0.2, -0.15) is 0 Å². The van der Waals surface area contributed by atoms with Crippen molar-refractivity contribution in [2.45, 2.75) is 12.8 Å². The summed E-state index contributed by atoms with van der Waals surface area (Å²) in [5, 5.41) is 0. The summed E-state index contributed by atoms with van der Waals surface area (Å²) < 4.78 is 24.1. The van der Waals surface area contributed by atoms with Crippen LogP contribution in [-0.4, -0.2) is 42.4 Å². The van der Waals surface area contributed by atoms with Crippen LogP contribution in [0.5, 0.6) is 0 Å². The van der Waals surface area contributed by atoms with Crippen molar-refractivity contribution in [2.24, 2.45) is 11.7 Å². The summed E-state index contributed by atoms with van der Waals surface area (Å²) in [6, 6.07) is 8.82. The van der Waals surface area contributed by atoms with E-state index in [-0.39, 0.29) is 29.5 Å². The Labute approximate surface area is 154 Å². The molecule has 3 rings (SSSR count). The maximum atomic E-state index is 13.8. The molecule has 2 heterocycles. The van der Waals surface area contributed by atoms with Crippen molar-refractivity contribution in [1.82, 2.24) is 4.90 Å². The van der Waals surface area contributed by atoms with E-state index in [1.807, 2.05) is 0 Å². The highest BCUT2D eigenvalue weighted by atomic mass is 19.1. The molecule has 0 radical (unpaired) electrons. The largest absolute Gasteiger partial charge is 0.450 e. The molecule has 1 aromatic carbocycles. The molecule has 1 aliphatic heterocycles. The van der Waals surface area contributed by atoms with Crippen molar-refractivity contribution in [2.75, 3.05) is 19.7 Å². The molecule has 2 N–H and O–H groups in total. The molecule has 0 unspecified atom stereocenters. The Balaban J connectivity index is 1.57. The number of piperidine rings is 1. The molecule has 1 atom stereocenters. The number of carbonyl (C=O) groups excluding carboxylic acids is 3. The maximum Gasteiger partial charge on any atom is 0.374 e. The number of esters is 1. The molecule has 7 nitrogen and oxygen atoms in total. The lowest BCUT2D eigenvalue weighted by atomic mass is 9.97. The van der Waals surface area contributed by atoms with Crippen LogP contribution < -0.4 is 5.73 Å². The number of hydrogen-bond donors (Lipinski definition) is 1. The lowest BCUT2D eigenvalue weighted by molar-refractivity contribution is -0.137. The third-order valence-corrected chi connectivity index (χ3v) is 4.45. The molecule has 2 amide bonds. The third-order valence-electron chi connectivity index (χ3n) is 4.45. The molecular weight excluding hydrogens is 355 g/mol. The van der Waals surface area contributed by atoms with E-state index in [1.165, 1.54) is 29.2 Å². The van der Waals surface area contributed by atoms with Gasteiger partial charge in [0.2, 0.25) is 11.7 Å². The second kappa shape index (κ2) is 8.03. The van der Waals surface area contributed by atoms with Crippen LogP contribution in [-0.2, 0) is 14.3 Å². The van der Waals surface area contributed by atoms with Crippen molar-refractivity contribution in [3.8, 4) is 11.3 Å². The summed E-state index contributed by atoms with van der Waals surface area (Å²) in [5.74, 6) is -2.48. The lowest BCUT2D eigenvalue weighted by Crippen LogP contribution is -2.45. The number of hydrogen-bond acceptors (Lipinski definition) is 5. The van der Waals surface area contributed by atoms with Crippen LogP contribution in [0.15, 0.2) is 40.8 Å². The summed E-state index contributed by atoms with van der Waals surface area (Å²) in [6.45, 7) is 0.238. The average molecular weight is 374 g/mol. The number of halogens is 1. The van der Waals surface area contributed by atoms with E-state index in [9.17, 15) is 18.8 Å². The Bertz CT molecular complexity index is 863. The number of furan rings is 1. The number of nitrogens with two attached hydrogens (primary N) is 1. The molecule has 0 bridgehead atoms. The summed E-state index contributed by atoms with van der Waals surface area (Å²) in [4.78, 5) is 37.0. The van der Waals surface area contributed by atoms with Crippen LogP contribution in [0.2, 0.25) is 0 Å². The number of benzene rings is 1. The normalized spacial score (nSPS) is 16.8. The summed E-state index contributed by atoms with van der Waals surface area (Å²) in [6.07, 6.45) is 1.31. The van der Waals surface area contributed by atoms with Gasteiger partial charge in [-0.1, -0.05) is 12.1 Å². The highest BCUT2D eigenvalue weighted by Crippen LogP contribution is 2.25. The fraction of sp³-hybridized carbons (Fsp3) is 0.316. The Morgan fingerprint density at radius 3 is 2.74 bits per heavy atom. The lowest BCUT2D eigenvalue weighted by Gasteiger charge is -2.30. The predicted molar refractivity (Wildman–Crippen MR) is 92.9 cm³/mol. The zero-order chi connectivity index (χ0) is 19.4. The average Bonchev–Trinajstić information content (AvgIpc) is 3.16. The van der Waals surface area contributed by atoms with E-state index in [4.69, 9.17) is 14.9 Å². The van der Waals surface area contributed by atoms with E-state index in [0.717, 1.165) is 0 Å². The van der Waals surface area contributed by atoms with Gasteiger partial charge >= 0.3 is 5.97 Å². The Morgan fingerprint density at radius 1 is 1.22 bits per heavy atom. The van der Waals surface area contributed by atoms with Gasteiger partial charge in [-0.05, 0) is 37.1 Å². The smallest absolute Gasteiger partial charge is 0.374 e. The number of amides is 2. The molecule has 1 aromatic heterocycles. The molecule has 8 heteroatoms. The van der Waals surface area contributed by atoms with E-state index in [1.54, 1.807) is 12.1 Å². The van der Waals surface area contributed by atoms with Crippen molar-refractivity contribution in [3.63, 3.8) is 0 Å². The first-order valence-corrected chi connectivity index (χ1v) is 8.54. The van der Waals surface area contributed by atoms with Crippen molar-refractivity contribution >= 4 is 17.8 Å². The molecule has 27 heavy (non-hydrogen) atoms. The number of carbonyl (C=O) groups is 3. The Kier molecular flexibility index (Phi) is 5.54. The second-order valence-corrected chi connectivity index (χ2v) is 6.30. The maximum absolute atomic E-state index is 13.8. The van der Waals surface area contributed by atoms with E-state index in [2.05, 4.69) is 0 Å². The number of likely N-dealkylation sites (tertiary alicyclic amines) is 1. The van der Waals surface area contributed by atoms with Crippen molar-refractivity contribution < 1.29 is 27.9 Å². The monoisotopic (exact) mass is 374 g/mol. The van der Waals surface area contributed by atoms with Gasteiger partial charge in [0, 0.05) is 13.1 Å². The van der Waals surface area contributed by atoms with Crippen LogP contribution >= 0.6 is 0 Å². The minimum Gasteiger partial charge on any atom is -0.450 e. The van der Waals surface area contributed by atoms with Gasteiger partial charge in [-0.15, -0.1) is 0 Å². The predicted octanol–water partition coefficient (Wildman–Crippen LogP) is 1.97. The standard InChI is InChI=1S/C19H19FN2O5/c20-14-6-2-1-5-13(14)15-7-8-16(27-15)19(25)26-11-17(23)22-9-3-4-12(10-22)18(21)24/h1-2,5-8,12H,3-4,9-11H2,(H2,21,24)/t12-/m1/s1. The topological polar surface area (TPSA) is 103 Å². The van der Waals surface area contributed by atoms with Crippen LogP contribution in [0.1, 0.15) is 23.4 Å². The van der Waals surface area contributed by atoms with Gasteiger partial charge in [0.25, 0.3) is 5.91 Å². The van der Waals surface area contributed by atoms with E-state index < -0.39 is 30.2 Å². The molecular formula is C19H19FN2O5. The Morgan fingerprint density at radius 2 is 2.00 bits per heavy atom. The fourth-order valence-corrected chi connectivity index (χ4v) is 2.98. The van der Waals surface area contributed by atoms with Gasteiger partial charge < -0.3 is 19.8 Å². The molecule has 142 valence electrons. The highest BCUT2D eigenvalue weighted by Gasteiger charge is 2.27. The molecule has 0 saturated carbocycles. The van der Waals surface area contributed by atoms with Crippen LogP contribution in [0, 0.1) is 11.7 Å². The minimum atomic E-state index is -0.825. The Hall–Kier alpha value is -3.16. The van der Waals surface area contributed by atoms with E-state index >= 15 is 0 Å². The van der Waals surface area contributed by atoms with Crippen molar-refractivity contribution in [1.29, 1.82) is 0 Å². The first kappa shape index (κ1) is 18.6. The van der Waals surface area contributed by atoms with Crippen molar-refractivity contribution in [3.05, 3.63) is 48.0 Å². The van der Waals surface area contributed by atoms with Gasteiger partial charge in [0.05, 0.1) is 11.5 Å². The number of primary amides is 1. The summed E-state index contributed by atoms with van der Waals surface area (Å²) >= 11 is 0. The number of nitrogens with zero attached hydrogens (tertiary/aromatic N) is 1. The molecule has 2 aromatic rings. The summed E-state index contributed by atoms with van der Waals surface area (Å²) in [7, 11) is 0. The first-order valence-electron chi connectivity index (χ1n) is 8.54. The number of ether oxygens (including phenoxy) is 1. The zero-order valence-electron chi connectivity index (χ0n) is 14.5. The molecule has 1 saturated heterocycles. The second-order valence-electron chi connectivity index (χ2n) is 6.30. The van der Waals surface area contributed by atoms with E-state index in [0.29, 0.717) is 19.4 Å². The van der Waals surface area contributed by atoms with Gasteiger partial charge in [-0.3, -0.25) is 9.59 Å². The third kappa shape index (κ3) is 4.33. The molecule has 0 aliphatic carbocycles. The molecule has 1 aliphatic rings. The summed E-state index contributed by atoms with van der Waals surface area (Å²) in [5.41, 5.74) is 5.51. The quantitative estimate of drug-likeness (QED) is 0.806. The molecule has 1 fully saturated rings. The van der Waals surface area contributed by atoms with Crippen LogP contribution in [0.3, 0.4) is 0 Å². The highest BCUT2D eigenvalue weighted by molar-refractivity contribution is 5.89. The fourth-order valence-electron chi connectivity index (χ4n) is 2.98. The molecule has 0 spiro atoms. The SMILES string of the molecule is NC(=O)[C@@H]1CCCN(C(=O)COC(=O)c2ccc(-c3ccccc3F)o2)C1. The minimum absolute atomic E-state index is 0.130.